The van der Waals surface area contributed by atoms with Gasteiger partial charge in [-0.05, 0) is 12.8 Å². The largest absolute Gasteiger partial charge is 0.378 e. The Morgan fingerprint density at radius 1 is 1.50 bits per heavy atom. The van der Waals surface area contributed by atoms with E-state index in [1.807, 2.05) is 11.8 Å². The zero-order chi connectivity index (χ0) is 13.2. The normalized spacial score (nSPS) is 36.6. The molecule has 0 spiro atoms. The predicted octanol–water partition coefficient (Wildman–Crippen LogP) is 0.738. The predicted molar refractivity (Wildman–Crippen MR) is 68.2 cm³/mol. The molecule has 0 saturated carbocycles. The number of hydrogen-bond acceptors (Lipinski definition) is 4. The summed E-state index contributed by atoms with van der Waals surface area (Å²) < 4.78 is 11.1. The number of nitrogens with one attached hydrogen (secondary N) is 1. The van der Waals surface area contributed by atoms with Gasteiger partial charge in [0.05, 0.1) is 25.4 Å². The Kier molecular flexibility index (Phi) is 4.25. The van der Waals surface area contributed by atoms with Crippen LogP contribution in [0, 0.1) is 0 Å². The number of carbonyl (C=O) groups is 1. The number of methoxy groups -OCH3 is 1. The molecule has 1 N–H and O–H groups in total. The molecule has 0 radical (unpaired) electrons. The van der Waals surface area contributed by atoms with Crippen molar-refractivity contribution in [1.82, 2.24) is 10.2 Å². The maximum absolute atomic E-state index is 12.3. The van der Waals surface area contributed by atoms with Gasteiger partial charge in [0.1, 0.15) is 5.60 Å². The lowest BCUT2D eigenvalue weighted by Crippen LogP contribution is -2.49. The fourth-order valence-corrected chi connectivity index (χ4v) is 2.82. The summed E-state index contributed by atoms with van der Waals surface area (Å²) in [5.74, 6) is 0.202. The van der Waals surface area contributed by atoms with Crippen LogP contribution in [-0.4, -0.2) is 55.5 Å². The second kappa shape index (κ2) is 5.55. The van der Waals surface area contributed by atoms with E-state index in [2.05, 4.69) is 12.2 Å². The molecule has 0 aromatic heterocycles. The van der Waals surface area contributed by atoms with E-state index in [1.165, 1.54) is 0 Å². The van der Waals surface area contributed by atoms with Crippen LogP contribution in [0.25, 0.3) is 0 Å². The molecule has 104 valence electrons. The summed E-state index contributed by atoms with van der Waals surface area (Å²) in [7, 11) is 1.71. The minimum Gasteiger partial charge on any atom is -0.378 e. The van der Waals surface area contributed by atoms with Crippen LogP contribution in [0.5, 0.6) is 0 Å². The molecule has 0 aliphatic carbocycles. The molecule has 5 nitrogen and oxygen atoms in total. The SMILES string of the molecule is CCC1NC(CC)N(CC2(OC)CCOC2)C1=O. The first-order valence-electron chi connectivity index (χ1n) is 6.85. The molecule has 0 aromatic carbocycles. The summed E-state index contributed by atoms with van der Waals surface area (Å²) in [6.07, 6.45) is 2.75. The molecule has 18 heavy (non-hydrogen) atoms. The summed E-state index contributed by atoms with van der Waals surface area (Å²) in [5, 5.41) is 3.39. The number of rotatable bonds is 5. The molecule has 5 heteroatoms. The van der Waals surface area contributed by atoms with Crippen molar-refractivity contribution in [2.75, 3.05) is 26.9 Å². The molecular weight excluding hydrogens is 232 g/mol. The van der Waals surface area contributed by atoms with Gasteiger partial charge >= 0.3 is 0 Å². The monoisotopic (exact) mass is 256 g/mol. The smallest absolute Gasteiger partial charge is 0.241 e. The molecule has 3 unspecified atom stereocenters. The van der Waals surface area contributed by atoms with E-state index < -0.39 is 0 Å². The van der Waals surface area contributed by atoms with E-state index in [0.29, 0.717) is 13.2 Å². The molecule has 2 aliphatic rings. The van der Waals surface area contributed by atoms with Crippen LogP contribution in [-0.2, 0) is 14.3 Å². The second-order valence-electron chi connectivity index (χ2n) is 5.21. The molecule has 0 bridgehead atoms. The van der Waals surface area contributed by atoms with E-state index in [4.69, 9.17) is 9.47 Å². The minimum atomic E-state index is -0.312. The van der Waals surface area contributed by atoms with Gasteiger partial charge in [0.15, 0.2) is 0 Å². The van der Waals surface area contributed by atoms with Gasteiger partial charge < -0.3 is 14.4 Å². The van der Waals surface area contributed by atoms with Crippen molar-refractivity contribution in [3.05, 3.63) is 0 Å². The lowest BCUT2D eigenvalue weighted by molar-refractivity contribution is -0.135. The van der Waals surface area contributed by atoms with Crippen LogP contribution in [0.3, 0.4) is 0 Å². The molecule has 2 aliphatic heterocycles. The standard InChI is InChI=1S/C13H24N2O3/c1-4-10-12(16)15(11(5-2)14-10)8-13(17-3)6-7-18-9-13/h10-11,14H,4-9H2,1-3H3. The highest BCUT2D eigenvalue weighted by molar-refractivity contribution is 5.84. The van der Waals surface area contributed by atoms with Gasteiger partial charge in [0.2, 0.25) is 5.91 Å². The van der Waals surface area contributed by atoms with Gasteiger partial charge in [-0.2, -0.15) is 0 Å². The van der Waals surface area contributed by atoms with E-state index in [9.17, 15) is 4.79 Å². The first-order chi connectivity index (χ1) is 8.65. The summed E-state index contributed by atoms with van der Waals surface area (Å²) in [6, 6.07) is -0.0359. The van der Waals surface area contributed by atoms with Gasteiger partial charge in [-0.25, -0.2) is 0 Å². The van der Waals surface area contributed by atoms with Crippen LogP contribution in [0.15, 0.2) is 0 Å². The third-order valence-electron chi connectivity index (χ3n) is 4.10. The number of ether oxygens (including phenoxy) is 2. The third kappa shape index (κ3) is 2.39. The number of nitrogens with zero attached hydrogens (tertiary/aromatic N) is 1. The highest BCUT2D eigenvalue weighted by Gasteiger charge is 2.44. The van der Waals surface area contributed by atoms with Gasteiger partial charge in [-0.1, -0.05) is 13.8 Å². The molecule has 2 rings (SSSR count). The molecule has 2 saturated heterocycles. The zero-order valence-electron chi connectivity index (χ0n) is 11.6. The Bertz CT molecular complexity index is 303. The minimum absolute atomic E-state index is 0.0359. The highest BCUT2D eigenvalue weighted by Crippen LogP contribution is 2.27. The topological polar surface area (TPSA) is 50.8 Å². The van der Waals surface area contributed by atoms with Gasteiger partial charge in [0, 0.05) is 20.1 Å². The van der Waals surface area contributed by atoms with E-state index in [1.54, 1.807) is 7.11 Å². The number of hydrogen-bond donors (Lipinski definition) is 1. The van der Waals surface area contributed by atoms with Crippen molar-refractivity contribution in [2.24, 2.45) is 0 Å². The Balaban J connectivity index is 2.08. The molecule has 3 atom stereocenters. The quantitative estimate of drug-likeness (QED) is 0.788. The summed E-state index contributed by atoms with van der Waals surface area (Å²) in [6.45, 7) is 6.07. The Morgan fingerprint density at radius 2 is 2.28 bits per heavy atom. The van der Waals surface area contributed by atoms with Crippen LogP contribution < -0.4 is 5.32 Å². The lowest BCUT2D eigenvalue weighted by atomic mass is 10.0. The van der Waals surface area contributed by atoms with E-state index in [-0.39, 0.29) is 23.7 Å². The van der Waals surface area contributed by atoms with E-state index in [0.717, 1.165) is 25.9 Å². The summed E-state index contributed by atoms with van der Waals surface area (Å²) >= 11 is 0. The van der Waals surface area contributed by atoms with Crippen LogP contribution >= 0.6 is 0 Å². The Morgan fingerprint density at radius 3 is 2.78 bits per heavy atom. The van der Waals surface area contributed by atoms with Crippen molar-refractivity contribution >= 4 is 5.91 Å². The summed E-state index contributed by atoms with van der Waals surface area (Å²) in [5.41, 5.74) is -0.312. The van der Waals surface area contributed by atoms with Crippen molar-refractivity contribution in [2.45, 2.75) is 50.9 Å². The average molecular weight is 256 g/mol. The highest BCUT2D eigenvalue weighted by atomic mass is 16.5. The average Bonchev–Trinajstić information content (AvgIpc) is 2.97. The second-order valence-corrected chi connectivity index (χ2v) is 5.21. The maximum Gasteiger partial charge on any atom is 0.241 e. The molecule has 2 heterocycles. The van der Waals surface area contributed by atoms with Gasteiger partial charge in [0.25, 0.3) is 0 Å². The fraction of sp³-hybridized carbons (Fsp3) is 0.923. The molecule has 0 aromatic rings. The molecule has 2 fully saturated rings. The first-order valence-corrected chi connectivity index (χ1v) is 6.85. The molecule has 1 amide bonds. The molecular formula is C13H24N2O3. The lowest BCUT2D eigenvalue weighted by Gasteiger charge is -2.33. The third-order valence-corrected chi connectivity index (χ3v) is 4.10. The first kappa shape index (κ1) is 13.8. The Hall–Kier alpha value is -0.650. The van der Waals surface area contributed by atoms with Crippen molar-refractivity contribution < 1.29 is 14.3 Å². The van der Waals surface area contributed by atoms with Crippen LogP contribution in [0.4, 0.5) is 0 Å². The van der Waals surface area contributed by atoms with Gasteiger partial charge in [-0.15, -0.1) is 0 Å². The summed E-state index contributed by atoms with van der Waals surface area (Å²) in [4.78, 5) is 14.3. The van der Waals surface area contributed by atoms with Gasteiger partial charge in [-0.3, -0.25) is 10.1 Å². The Labute approximate surface area is 109 Å². The van der Waals surface area contributed by atoms with Crippen molar-refractivity contribution in [3.63, 3.8) is 0 Å². The van der Waals surface area contributed by atoms with Crippen molar-refractivity contribution in [1.29, 1.82) is 0 Å². The number of amides is 1. The van der Waals surface area contributed by atoms with Crippen molar-refractivity contribution in [3.8, 4) is 0 Å². The number of carbonyl (C=O) groups excluding carboxylic acids is 1. The van der Waals surface area contributed by atoms with Crippen LogP contribution in [0.1, 0.15) is 33.1 Å². The maximum atomic E-state index is 12.3. The van der Waals surface area contributed by atoms with Crippen LogP contribution in [0.2, 0.25) is 0 Å². The zero-order valence-corrected chi connectivity index (χ0v) is 11.6. The van der Waals surface area contributed by atoms with E-state index >= 15 is 0 Å². The fourth-order valence-electron chi connectivity index (χ4n) is 2.82.